The van der Waals surface area contributed by atoms with Gasteiger partial charge in [-0.2, -0.15) is 0 Å². The topological polar surface area (TPSA) is 268 Å². The Morgan fingerprint density at radius 1 is 0.738 bits per heavy atom. The summed E-state index contributed by atoms with van der Waals surface area (Å²) in [5.41, 5.74) is 0. The number of nitrogens with one attached hydrogen (secondary N) is 2. The zero-order valence-corrected chi connectivity index (χ0v) is 23.1. The fourth-order valence-electron chi connectivity index (χ4n) is 5.50. The lowest BCUT2D eigenvalue weighted by atomic mass is 9.94. The van der Waals surface area contributed by atoms with Crippen molar-refractivity contribution in [1.82, 2.24) is 10.6 Å². The van der Waals surface area contributed by atoms with Crippen LogP contribution in [0.25, 0.3) is 0 Å². The van der Waals surface area contributed by atoms with Crippen molar-refractivity contribution in [2.75, 3.05) is 19.8 Å². The van der Waals surface area contributed by atoms with Crippen LogP contribution < -0.4 is 10.6 Å². The number of carbonyl (C=O) groups excluding carboxylic acids is 2. The van der Waals surface area contributed by atoms with Crippen LogP contribution in [0.1, 0.15) is 20.8 Å². The first-order valence-corrected chi connectivity index (χ1v) is 13.5. The molecule has 4 rings (SSSR count). The molecule has 3 saturated heterocycles. The van der Waals surface area contributed by atoms with Crippen LogP contribution in [-0.2, 0) is 38.0 Å². The van der Waals surface area contributed by atoms with E-state index in [0.29, 0.717) is 0 Å². The molecule has 0 aromatic heterocycles. The van der Waals surface area contributed by atoms with E-state index in [4.69, 9.17) is 28.4 Å². The Labute approximate surface area is 240 Å². The molecule has 0 bridgehead atoms. The van der Waals surface area contributed by atoms with Crippen molar-refractivity contribution in [1.29, 1.82) is 0 Å². The Morgan fingerprint density at radius 2 is 1.21 bits per heavy atom. The first-order chi connectivity index (χ1) is 19.9. The largest absolute Gasteiger partial charge is 0.450 e. The molecule has 18 heteroatoms. The second-order valence-electron chi connectivity index (χ2n) is 10.5. The van der Waals surface area contributed by atoms with E-state index in [9.17, 15) is 45.3 Å². The number of fused-ring (bicyclic) bond motifs is 1. The molecule has 0 aromatic rings. The van der Waals surface area contributed by atoms with Gasteiger partial charge >= 0.3 is 0 Å². The quantitative estimate of drug-likeness (QED) is 0.118. The lowest BCUT2D eigenvalue weighted by molar-refractivity contribution is -0.349. The van der Waals surface area contributed by atoms with Crippen LogP contribution in [0.5, 0.6) is 0 Å². The Hall–Kier alpha value is -2.07. The molecule has 9 N–H and O–H groups in total. The number of ether oxygens (including phenoxy) is 6. The highest BCUT2D eigenvalue weighted by molar-refractivity contribution is 5.75. The summed E-state index contributed by atoms with van der Waals surface area (Å²) in [6, 6.07) is -3.66. The van der Waals surface area contributed by atoms with Crippen LogP contribution >= 0.6 is 0 Å². The summed E-state index contributed by atoms with van der Waals surface area (Å²) in [6.45, 7) is 1.77. The molecule has 4 aliphatic rings. The number of aliphatic hydroxyl groups is 7. The van der Waals surface area contributed by atoms with Crippen LogP contribution in [0.4, 0.5) is 0 Å². The Kier molecular flexibility index (Phi) is 10.7. The predicted octanol–water partition coefficient (Wildman–Crippen LogP) is -5.82. The highest BCUT2D eigenvalue weighted by atomic mass is 16.7. The number of carbonyl (C=O) groups is 2. The third-order valence-electron chi connectivity index (χ3n) is 7.49. The fourth-order valence-corrected chi connectivity index (χ4v) is 5.50. The van der Waals surface area contributed by atoms with E-state index >= 15 is 0 Å². The van der Waals surface area contributed by atoms with E-state index in [2.05, 4.69) is 15.6 Å². The number of aliphatic hydroxyl groups excluding tert-OH is 7. The predicted molar refractivity (Wildman–Crippen MR) is 134 cm³/mol. The van der Waals surface area contributed by atoms with Crippen LogP contribution in [0.2, 0.25) is 0 Å². The lowest BCUT2D eigenvalue weighted by Gasteiger charge is -2.49. The summed E-state index contributed by atoms with van der Waals surface area (Å²) in [4.78, 5) is 28.1. The number of nitrogens with zero attached hydrogens (tertiary/aromatic N) is 1. The van der Waals surface area contributed by atoms with Gasteiger partial charge in [0, 0.05) is 20.8 Å². The second-order valence-corrected chi connectivity index (χ2v) is 10.5. The molecule has 18 nitrogen and oxygen atoms in total. The van der Waals surface area contributed by atoms with Crippen molar-refractivity contribution < 1.29 is 73.8 Å². The minimum Gasteiger partial charge on any atom is -0.450 e. The molecular formula is C24H39N3O15. The van der Waals surface area contributed by atoms with Gasteiger partial charge in [-0.05, 0) is 0 Å². The van der Waals surface area contributed by atoms with Crippen molar-refractivity contribution in [2.45, 2.75) is 113 Å². The molecule has 0 radical (unpaired) electrons. The summed E-state index contributed by atoms with van der Waals surface area (Å²) >= 11 is 0. The van der Waals surface area contributed by atoms with Crippen LogP contribution in [-0.4, -0.2) is 165 Å². The van der Waals surface area contributed by atoms with Gasteiger partial charge in [-0.15, -0.1) is 0 Å². The maximum atomic E-state index is 12.1. The van der Waals surface area contributed by atoms with Gasteiger partial charge in [0.05, 0.1) is 19.8 Å². The normalized spacial score (nSPS) is 45.4. The van der Waals surface area contributed by atoms with Crippen LogP contribution in [0.3, 0.4) is 0 Å². The van der Waals surface area contributed by atoms with Gasteiger partial charge in [-0.25, -0.2) is 4.99 Å². The molecule has 0 aliphatic carbocycles. The average Bonchev–Trinajstić information content (AvgIpc) is 3.32. The minimum atomic E-state index is -1.69. The number of rotatable bonds is 9. The summed E-state index contributed by atoms with van der Waals surface area (Å²) in [7, 11) is 0. The lowest BCUT2D eigenvalue weighted by Crippen LogP contribution is -2.70. The van der Waals surface area contributed by atoms with E-state index in [0.717, 1.165) is 13.8 Å². The van der Waals surface area contributed by atoms with E-state index in [1.54, 1.807) is 6.92 Å². The standard InChI is InChI=1S/C24H39N3O15/c1-7(31)25-13-17(34)16(33)10(4-28)38-23(13)41-20-12(6-30)40-24(14(18(20)35)26-8(2)32)42-21-11(5-29)39-22-15(19(21)36)27-9(3)37-22/h10-24,28-30,33-36H,4-6H2,1-3H3,(H,25,31)(H,26,32)/t10?,11?,12?,13?,14?,15?,16-,17+,18+,19+,20-,21-,22?,23-,24-/m0/s1. The monoisotopic (exact) mass is 609 g/mol. The molecule has 15 atom stereocenters. The van der Waals surface area contributed by atoms with Crippen LogP contribution in [0, 0.1) is 0 Å². The SMILES string of the molecule is CC(=O)NC1[C@H](O[C@H]2C(CO)O[C@@H](O[C@H]3C(CO)OC4OC(C)=NC4[C@H]3O)C(NC(C)=O)[C@H]2O)OC(CO)[C@H](O)[C@@H]1O. The Balaban J connectivity index is 1.58. The van der Waals surface area contributed by atoms with Gasteiger partial charge < -0.3 is 74.8 Å². The minimum absolute atomic E-state index is 0.255. The van der Waals surface area contributed by atoms with Gasteiger partial charge in [0.2, 0.25) is 18.1 Å². The van der Waals surface area contributed by atoms with Crippen molar-refractivity contribution in [2.24, 2.45) is 4.99 Å². The Morgan fingerprint density at radius 3 is 1.74 bits per heavy atom. The second kappa shape index (κ2) is 13.7. The molecule has 3 fully saturated rings. The van der Waals surface area contributed by atoms with Crippen molar-refractivity contribution in [3.63, 3.8) is 0 Å². The summed E-state index contributed by atoms with van der Waals surface area (Å²) < 4.78 is 34.4. The maximum Gasteiger partial charge on any atom is 0.227 e. The summed E-state index contributed by atoms with van der Waals surface area (Å²) in [5.74, 6) is -0.980. The molecule has 0 aromatic carbocycles. The van der Waals surface area contributed by atoms with E-state index in [1.165, 1.54) is 0 Å². The molecule has 240 valence electrons. The number of hydrogen-bond donors (Lipinski definition) is 9. The number of hydrogen-bond acceptors (Lipinski definition) is 16. The van der Waals surface area contributed by atoms with Crippen molar-refractivity contribution >= 4 is 17.7 Å². The highest BCUT2D eigenvalue weighted by Crippen LogP contribution is 2.34. The van der Waals surface area contributed by atoms with Gasteiger partial charge in [0.15, 0.2) is 18.5 Å². The highest BCUT2D eigenvalue weighted by Gasteiger charge is 2.55. The van der Waals surface area contributed by atoms with Crippen molar-refractivity contribution in [3.8, 4) is 0 Å². The fraction of sp³-hybridized carbons (Fsp3) is 0.875. The molecule has 0 spiro atoms. The zero-order valence-electron chi connectivity index (χ0n) is 23.1. The summed E-state index contributed by atoms with van der Waals surface area (Å²) in [5, 5.41) is 77.8. The van der Waals surface area contributed by atoms with E-state index in [-0.39, 0.29) is 5.90 Å². The molecule has 4 aliphatic heterocycles. The Bertz CT molecular complexity index is 989. The molecule has 42 heavy (non-hydrogen) atoms. The maximum absolute atomic E-state index is 12.1. The molecule has 4 heterocycles. The summed E-state index contributed by atoms with van der Waals surface area (Å²) in [6.07, 6.45) is -17.0. The molecule has 7 unspecified atom stereocenters. The zero-order chi connectivity index (χ0) is 30.9. The molecule has 0 saturated carbocycles. The van der Waals surface area contributed by atoms with Crippen LogP contribution in [0.15, 0.2) is 4.99 Å². The third kappa shape index (κ3) is 6.69. The number of aliphatic imine (C=N–C) groups is 1. The van der Waals surface area contributed by atoms with Crippen molar-refractivity contribution in [3.05, 3.63) is 0 Å². The smallest absolute Gasteiger partial charge is 0.227 e. The van der Waals surface area contributed by atoms with E-state index < -0.39 is 124 Å². The van der Waals surface area contributed by atoms with Gasteiger partial charge in [-0.3, -0.25) is 9.59 Å². The molecule has 2 amide bonds. The van der Waals surface area contributed by atoms with E-state index in [1.807, 2.05) is 0 Å². The van der Waals surface area contributed by atoms with Gasteiger partial charge in [0.25, 0.3) is 0 Å². The first-order valence-electron chi connectivity index (χ1n) is 13.5. The van der Waals surface area contributed by atoms with Gasteiger partial charge in [0.1, 0.15) is 73.1 Å². The third-order valence-corrected chi connectivity index (χ3v) is 7.49. The first kappa shape index (κ1) is 32.8. The van der Waals surface area contributed by atoms with Gasteiger partial charge in [-0.1, -0.05) is 0 Å². The molecular weight excluding hydrogens is 570 g/mol. The average molecular weight is 610 g/mol. The number of amides is 2.